The molecule has 10 atom stereocenters. The van der Waals surface area contributed by atoms with Gasteiger partial charge >= 0.3 is 5.97 Å². The summed E-state index contributed by atoms with van der Waals surface area (Å²) in [5.74, 6) is -2.01. The Morgan fingerprint density at radius 1 is 1.23 bits per heavy atom. The molecule has 0 aromatic heterocycles. The minimum absolute atomic E-state index is 0.00868. The molecule has 0 radical (unpaired) electrons. The Balaban J connectivity index is 1.77. The van der Waals surface area contributed by atoms with Crippen molar-refractivity contribution in [3.05, 3.63) is 17.2 Å². The molecule has 9 heteroatoms. The molecule has 3 aliphatic rings. The molecule has 0 spiro atoms. The highest BCUT2D eigenvalue weighted by Gasteiger charge is 2.66. The summed E-state index contributed by atoms with van der Waals surface area (Å²) in [5, 5.41) is 56.5. The van der Waals surface area contributed by atoms with Gasteiger partial charge in [-0.1, -0.05) is 34.1 Å². The summed E-state index contributed by atoms with van der Waals surface area (Å²) in [6.45, 7) is 14.2. The van der Waals surface area contributed by atoms with E-state index in [0.717, 1.165) is 6.42 Å². The van der Waals surface area contributed by atoms with Crippen LogP contribution in [0.2, 0.25) is 0 Å². The monoisotopic (exact) mass is 550 g/mol. The first-order chi connectivity index (χ1) is 18.0. The summed E-state index contributed by atoms with van der Waals surface area (Å²) >= 11 is 0. The van der Waals surface area contributed by atoms with E-state index in [9.17, 15) is 30.3 Å². The van der Waals surface area contributed by atoms with E-state index in [1.54, 1.807) is 13.8 Å². The number of ether oxygens (including phenoxy) is 3. The van der Waals surface area contributed by atoms with E-state index in [4.69, 9.17) is 14.2 Å². The molecule has 0 bridgehead atoms. The Labute approximate surface area is 231 Å². The largest absolute Gasteiger partial charge is 0.507 e. The molecule has 1 saturated carbocycles. The Morgan fingerprint density at radius 2 is 1.87 bits per heavy atom. The number of benzene rings is 1. The molecular formula is C30H46O9. The van der Waals surface area contributed by atoms with Gasteiger partial charge in [-0.3, -0.25) is 4.79 Å². The molecule has 39 heavy (non-hydrogen) atoms. The smallest absolute Gasteiger partial charge is 0.302 e. The van der Waals surface area contributed by atoms with E-state index in [1.807, 2.05) is 34.6 Å². The van der Waals surface area contributed by atoms with Crippen molar-refractivity contribution in [3.63, 3.8) is 0 Å². The SMILES string of the molecule is CC[C@@H](C)[C@@H](OC(C)=O)[C@@H](C)c1cc(O)c2c(c1O)O[C@]1(C)CC[C@H]3O[C@@H](C(C)(C)O)C[C@H](O)[C@]3(C)[C@H]1[C@@H]2O. The molecule has 4 rings (SSSR count). The van der Waals surface area contributed by atoms with Crippen molar-refractivity contribution in [2.45, 2.75) is 129 Å². The highest BCUT2D eigenvalue weighted by atomic mass is 16.5. The lowest BCUT2D eigenvalue weighted by atomic mass is 9.52. The van der Waals surface area contributed by atoms with E-state index in [1.165, 1.54) is 13.0 Å². The maximum atomic E-state index is 11.8. The third-order valence-corrected chi connectivity index (χ3v) is 9.93. The van der Waals surface area contributed by atoms with Crippen LogP contribution in [0.4, 0.5) is 0 Å². The number of hydrogen-bond donors (Lipinski definition) is 5. The van der Waals surface area contributed by atoms with Gasteiger partial charge in [-0.2, -0.15) is 0 Å². The summed E-state index contributed by atoms with van der Waals surface area (Å²) in [7, 11) is 0. The number of fused-ring (bicyclic) bond motifs is 4. The van der Waals surface area contributed by atoms with E-state index in [2.05, 4.69) is 0 Å². The van der Waals surface area contributed by atoms with E-state index in [-0.39, 0.29) is 35.2 Å². The number of esters is 1. The van der Waals surface area contributed by atoms with Gasteiger partial charge in [-0.25, -0.2) is 0 Å². The quantitative estimate of drug-likeness (QED) is 0.261. The van der Waals surface area contributed by atoms with Crippen LogP contribution in [0.3, 0.4) is 0 Å². The van der Waals surface area contributed by atoms with Crippen LogP contribution >= 0.6 is 0 Å². The van der Waals surface area contributed by atoms with Crippen molar-refractivity contribution in [3.8, 4) is 17.2 Å². The van der Waals surface area contributed by atoms with Crippen LogP contribution in [-0.2, 0) is 14.3 Å². The topological polar surface area (TPSA) is 146 Å². The third kappa shape index (κ3) is 4.79. The predicted octanol–water partition coefficient (Wildman–Crippen LogP) is 4.07. The first-order valence-electron chi connectivity index (χ1n) is 14.2. The average Bonchev–Trinajstić information content (AvgIpc) is 2.83. The standard InChI is InChI=1S/C30H46O9/c1-9-14(2)25(37-16(4)31)15(3)17-12-18(32)22-24(35)27-29(7,39-26(22)23(17)34)11-10-20-30(27,8)19(33)13-21(38-20)28(5,6)36/h12,14-15,19-21,24-25,27,32-36H,9-11,13H2,1-8H3/t14-,15+,19+,20-,21-,24-,25-,27+,29-,30+/m1/s1. The second-order valence-electron chi connectivity index (χ2n) is 13.1. The van der Waals surface area contributed by atoms with Crippen LogP contribution in [0.5, 0.6) is 17.2 Å². The molecule has 2 fully saturated rings. The molecule has 220 valence electrons. The highest BCUT2D eigenvalue weighted by Crippen LogP contribution is 2.64. The first-order valence-corrected chi connectivity index (χ1v) is 14.2. The minimum Gasteiger partial charge on any atom is -0.507 e. The molecule has 1 aliphatic carbocycles. The number of hydrogen-bond acceptors (Lipinski definition) is 9. The molecule has 1 aromatic rings. The molecule has 1 aromatic carbocycles. The number of carbonyl (C=O) groups is 1. The number of rotatable bonds is 6. The molecule has 0 amide bonds. The predicted molar refractivity (Wildman–Crippen MR) is 144 cm³/mol. The van der Waals surface area contributed by atoms with Gasteiger partial charge in [0.25, 0.3) is 0 Å². The highest BCUT2D eigenvalue weighted by molar-refractivity contribution is 5.66. The molecule has 5 N–H and O–H groups in total. The Bertz CT molecular complexity index is 1100. The second-order valence-corrected chi connectivity index (χ2v) is 13.1. The fourth-order valence-electron chi connectivity index (χ4n) is 7.45. The van der Waals surface area contributed by atoms with Crippen LogP contribution in [0.1, 0.15) is 104 Å². The fraction of sp³-hybridized carbons (Fsp3) is 0.767. The molecule has 2 aliphatic heterocycles. The van der Waals surface area contributed by atoms with Crippen LogP contribution < -0.4 is 4.74 Å². The zero-order valence-electron chi connectivity index (χ0n) is 24.4. The van der Waals surface area contributed by atoms with E-state index < -0.39 is 64.9 Å². The Morgan fingerprint density at radius 3 is 2.44 bits per heavy atom. The van der Waals surface area contributed by atoms with Crippen molar-refractivity contribution in [1.29, 1.82) is 0 Å². The van der Waals surface area contributed by atoms with Gasteiger partial charge < -0.3 is 39.7 Å². The van der Waals surface area contributed by atoms with Crippen LogP contribution in [0.15, 0.2) is 6.07 Å². The fourth-order valence-corrected chi connectivity index (χ4v) is 7.45. The molecule has 0 unspecified atom stereocenters. The summed E-state index contributed by atoms with van der Waals surface area (Å²) in [6, 6.07) is 1.41. The van der Waals surface area contributed by atoms with Crippen molar-refractivity contribution in [2.24, 2.45) is 17.3 Å². The molecule has 2 heterocycles. The third-order valence-electron chi connectivity index (χ3n) is 9.93. The average molecular weight is 551 g/mol. The van der Waals surface area contributed by atoms with Crippen molar-refractivity contribution < 1.29 is 44.5 Å². The summed E-state index contributed by atoms with van der Waals surface area (Å²) in [5.41, 5.74) is -2.65. The lowest BCUT2D eigenvalue weighted by molar-refractivity contribution is -0.289. The zero-order chi connectivity index (χ0) is 29.2. The molecular weight excluding hydrogens is 504 g/mol. The van der Waals surface area contributed by atoms with Gasteiger partial charge in [0.1, 0.15) is 17.5 Å². The summed E-state index contributed by atoms with van der Waals surface area (Å²) < 4.78 is 18.5. The lowest BCUT2D eigenvalue weighted by Crippen LogP contribution is -2.68. The number of aromatic hydroxyl groups is 2. The van der Waals surface area contributed by atoms with Crippen molar-refractivity contribution in [1.82, 2.24) is 0 Å². The van der Waals surface area contributed by atoms with Crippen LogP contribution in [0, 0.1) is 17.3 Å². The summed E-state index contributed by atoms with van der Waals surface area (Å²) in [6.07, 6.45) is -1.84. The number of aliphatic hydroxyl groups is 3. The number of phenols is 2. The van der Waals surface area contributed by atoms with Crippen molar-refractivity contribution >= 4 is 5.97 Å². The molecule has 1 saturated heterocycles. The van der Waals surface area contributed by atoms with Gasteiger partial charge in [0.05, 0.1) is 35.6 Å². The van der Waals surface area contributed by atoms with Gasteiger partial charge in [0.2, 0.25) is 0 Å². The summed E-state index contributed by atoms with van der Waals surface area (Å²) in [4.78, 5) is 11.8. The number of aliphatic hydroxyl groups excluding tert-OH is 2. The number of phenolic OH excluding ortho intramolecular Hbond substituents is 2. The van der Waals surface area contributed by atoms with Gasteiger partial charge in [0.15, 0.2) is 11.5 Å². The number of carbonyl (C=O) groups excluding carboxylic acids is 1. The Kier molecular flexibility index (Phi) is 7.73. The van der Waals surface area contributed by atoms with Gasteiger partial charge in [-0.15, -0.1) is 0 Å². The normalized spacial score (nSPS) is 36.4. The van der Waals surface area contributed by atoms with Gasteiger partial charge in [-0.05, 0) is 45.6 Å². The van der Waals surface area contributed by atoms with Crippen LogP contribution in [-0.4, -0.2) is 67.1 Å². The van der Waals surface area contributed by atoms with Gasteiger partial charge in [0, 0.05) is 36.2 Å². The maximum Gasteiger partial charge on any atom is 0.302 e. The first kappa shape index (κ1) is 29.9. The lowest BCUT2D eigenvalue weighted by Gasteiger charge is -2.62. The van der Waals surface area contributed by atoms with Crippen LogP contribution in [0.25, 0.3) is 0 Å². The molecule has 9 nitrogen and oxygen atoms in total. The van der Waals surface area contributed by atoms with Crippen molar-refractivity contribution in [2.75, 3.05) is 0 Å². The maximum absolute atomic E-state index is 11.8. The van der Waals surface area contributed by atoms with E-state index in [0.29, 0.717) is 18.4 Å². The second kappa shape index (κ2) is 10.1. The minimum atomic E-state index is -1.27. The Hall–Kier alpha value is -2.07. The zero-order valence-corrected chi connectivity index (χ0v) is 24.4. The van der Waals surface area contributed by atoms with E-state index >= 15 is 0 Å².